The molecule has 1 saturated heterocycles. The summed E-state index contributed by atoms with van der Waals surface area (Å²) in [4.78, 5) is 23.0. The molecule has 0 radical (unpaired) electrons. The van der Waals surface area contributed by atoms with Gasteiger partial charge >= 0.3 is 5.97 Å². The molecule has 0 spiro atoms. The molecule has 108 valence electrons. The van der Waals surface area contributed by atoms with Crippen molar-refractivity contribution in [1.82, 2.24) is 5.32 Å². The number of nitrogens with one attached hydrogen (secondary N) is 1. The quantitative estimate of drug-likeness (QED) is 0.850. The number of carboxylic acids is 1. The number of halogens is 1. The fourth-order valence-electron chi connectivity index (χ4n) is 1.89. The summed E-state index contributed by atoms with van der Waals surface area (Å²) < 4.78 is 10.3. The van der Waals surface area contributed by atoms with Crippen LogP contribution in [0.4, 0.5) is 0 Å². The number of hydrogen-bond donors (Lipinski definition) is 2. The molecule has 20 heavy (non-hydrogen) atoms. The van der Waals surface area contributed by atoms with E-state index in [2.05, 4.69) is 5.32 Å². The Labute approximate surface area is 120 Å². The summed E-state index contributed by atoms with van der Waals surface area (Å²) in [5.74, 6) is -1.18. The highest BCUT2D eigenvalue weighted by atomic mass is 35.5. The number of carboxylic acid groups (broad SMARTS) is 1. The van der Waals surface area contributed by atoms with Crippen molar-refractivity contribution in [3.63, 3.8) is 0 Å². The van der Waals surface area contributed by atoms with Gasteiger partial charge in [-0.15, -0.1) is 0 Å². The van der Waals surface area contributed by atoms with Crippen LogP contribution < -0.4 is 10.1 Å². The Kier molecular flexibility index (Phi) is 4.46. The summed E-state index contributed by atoms with van der Waals surface area (Å²) in [6, 6.07) is 6.61. The minimum Gasteiger partial charge on any atom is -0.484 e. The molecule has 1 heterocycles. The van der Waals surface area contributed by atoms with E-state index in [9.17, 15) is 14.7 Å². The third-order valence-electron chi connectivity index (χ3n) is 2.98. The summed E-state index contributed by atoms with van der Waals surface area (Å²) in [6.07, 6.45) is 0.241. The maximum atomic E-state index is 11.8. The molecule has 0 aromatic heterocycles. The lowest BCUT2D eigenvalue weighted by molar-refractivity contribution is -0.148. The second kappa shape index (κ2) is 6.11. The summed E-state index contributed by atoms with van der Waals surface area (Å²) >= 11 is 5.79. The first-order valence-corrected chi connectivity index (χ1v) is 6.40. The van der Waals surface area contributed by atoms with Gasteiger partial charge in [0.15, 0.2) is 12.1 Å². The van der Waals surface area contributed by atoms with E-state index in [4.69, 9.17) is 21.1 Å². The number of carbonyl (C=O) groups is 2. The van der Waals surface area contributed by atoms with Crippen LogP contribution in [0.25, 0.3) is 0 Å². The number of amides is 1. The van der Waals surface area contributed by atoms with Crippen molar-refractivity contribution in [2.75, 3.05) is 19.8 Å². The molecule has 1 atom stereocenters. The first-order chi connectivity index (χ1) is 9.52. The largest absolute Gasteiger partial charge is 0.484 e. The molecule has 1 unspecified atom stereocenters. The van der Waals surface area contributed by atoms with Gasteiger partial charge in [0.05, 0.1) is 6.61 Å². The maximum Gasteiger partial charge on any atom is 0.331 e. The molecule has 0 bridgehead atoms. The van der Waals surface area contributed by atoms with Crippen LogP contribution in [0.1, 0.15) is 6.42 Å². The van der Waals surface area contributed by atoms with Crippen LogP contribution in [-0.2, 0) is 14.3 Å². The topological polar surface area (TPSA) is 84.9 Å². The van der Waals surface area contributed by atoms with Gasteiger partial charge in [-0.1, -0.05) is 17.7 Å². The Morgan fingerprint density at radius 3 is 2.90 bits per heavy atom. The smallest absolute Gasteiger partial charge is 0.331 e. The summed E-state index contributed by atoms with van der Waals surface area (Å²) in [5.41, 5.74) is -1.35. The second-order valence-electron chi connectivity index (χ2n) is 4.48. The molecule has 1 amide bonds. The van der Waals surface area contributed by atoms with Crippen LogP contribution in [0.15, 0.2) is 24.3 Å². The van der Waals surface area contributed by atoms with Crippen LogP contribution in [0.5, 0.6) is 5.75 Å². The van der Waals surface area contributed by atoms with Gasteiger partial charge in [0.25, 0.3) is 5.91 Å². The standard InChI is InChI=1S/C13H14ClNO5/c14-9-2-1-3-10(6-9)20-7-11(16)15-13(12(17)18)4-5-19-8-13/h1-3,6H,4-5,7-8H2,(H,15,16)(H,17,18). The third-order valence-corrected chi connectivity index (χ3v) is 3.21. The van der Waals surface area contributed by atoms with Crippen molar-refractivity contribution < 1.29 is 24.2 Å². The van der Waals surface area contributed by atoms with Gasteiger partial charge in [-0.2, -0.15) is 0 Å². The molecule has 7 heteroatoms. The van der Waals surface area contributed by atoms with Crippen molar-refractivity contribution in [2.24, 2.45) is 0 Å². The van der Waals surface area contributed by atoms with Crippen LogP contribution in [0.3, 0.4) is 0 Å². The SMILES string of the molecule is O=C(COc1cccc(Cl)c1)NC1(C(=O)O)CCOC1. The number of carbonyl (C=O) groups excluding carboxylic acids is 1. The molecule has 6 nitrogen and oxygen atoms in total. The Bertz CT molecular complexity index is 513. The maximum absolute atomic E-state index is 11.8. The Morgan fingerprint density at radius 2 is 2.30 bits per heavy atom. The van der Waals surface area contributed by atoms with Crippen LogP contribution in [0, 0.1) is 0 Å². The van der Waals surface area contributed by atoms with Crippen molar-refractivity contribution in [3.8, 4) is 5.75 Å². The number of aliphatic carboxylic acids is 1. The van der Waals surface area contributed by atoms with E-state index in [1.807, 2.05) is 0 Å². The lowest BCUT2D eigenvalue weighted by atomic mass is 9.99. The number of ether oxygens (including phenoxy) is 2. The zero-order valence-corrected chi connectivity index (χ0v) is 11.4. The van der Waals surface area contributed by atoms with Crippen molar-refractivity contribution in [3.05, 3.63) is 29.3 Å². The van der Waals surface area contributed by atoms with Gasteiger partial charge in [0, 0.05) is 18.1 Å². The molecule has 0 aliphatic carbocycles. The van der Waals surface area contributed by atoms with E-state index < -0.39 is 17.4 Å². The van der Waals surface area contributed by atoms with Crippen LogP contribution in [-0.4, -0.2) is 42.3 Å². The molecular formula is C13H14ClNO5. The monoisotopic (exact) mass is 299 g/mol. The van der Waals surface area contributed by atoms with E-state index >= 15 is 0 Å². The van der Waals surface area contributed by atoms with E-state index in [1.165, 1.54) is 0 Å². The van der Waals surface area contributed by atoms with Crippen molar-refractivity contribution in [2.45, 2.75) is 12.0 Å². The van der Waals surface area contributed by atoms with Crippen LogP contribution in [0.2, 0.25) is 5.02 Å². The lowest BCUT2D eigenvalue weighted by Crippen LogP contribution is -2.56. The highest BCUT2D eigenvalue weighted by molar-refractivity contribution is 6.30. The summed E-state index contributed by atoms with van der Waals surface area (Å²) in [7, 11) is 0. The molecule has 2 rings (SSSR count). The van der Waals surface area contributed by atoms with Gasteiger partial charge in [-0.3, -0.25) is 4.79 Å². The van der Waals surface area contributed by atoms with Gasteiger partial charge < -0.3 is 19.9 Å². The molecule has 1 aliphatic heterocycles. The van der Waals surface area contributed by atoms with E-state index in [-0.39, 0.29) is 19.6 Å². The number of rotatable bonds is 5. The number of hydrogen-bond acceptors (Lipinski definition) is 4. The molecule has 1 aromatic rings. The Hall–Kier alpha value is -1.79. The average molecular weight is 300 g/mol. The van der Waals surface area contributed by atoms with Crippen LogP contribution >= 0.6 is 11.6 Å². The fraction of sp³-hybridized carbons (Fsp3) is 0.385. The minimum absolute atomic E-state index is 0.0365. The predicted octanol–water partition coefficient (Wildman–Crippen LogP) is 1.08. The summed E-state index contributed by atoms with van der Waals surface area (Å²) in [5, 5.41) is 12.1. The third kappa shape index (κ3) is 3.40. The molecule has 2 N–H and O–H groups in total. The van der Waals surface area contributed by atoms with Gasteiger partial charge in [-0.05, 0) is 18.2 Å². The molecule has 1 aromatic carbocycles. The predicted molar refractivity (Wildman–Crippen MR) is 70.9 cm³/mol. The van der Waals surface area contributed by atoms with Crippen molar-refractivity contribution in [1.29, 1.82) is 0 Å². The Morgan fingerprint density at radius 1 is 1.50 bits per heavy atom. The first-order valence-electron chi connectivity index (χ1n) is 6.02. The fourth-order valence-corrected chi connectivity index (χ4v) is 2.07. The zero-order chi connectivity index (χ0) is 14.6. The first kappa shape index (κ1) is 14.6. The van der Waals surface area contributed by atoms with E-state index in [1.54, 1.807) is 24.3 Å². The Balaban J connectivity index is 1.90. The number of benzene rings is 1. The van der Waals surface area contributed by atoms with E-state index in [0.29, 0.717) is 17.4 Å². The molecule has 1 fully saturated rings. The van der Waals surface area contributed by atoms with Crippen molar-refractivity contribution >= 4 is 23.5 Å². The lowest BCUT2D eigenvalue weighted by Gasteiger charge is -2.23. The zero-order valence-electron chi connectivity index (χ0n) is 10.6. The second-order valence-corrected chi connectivity index (χ2v) is 4.92. The van der Waals surface area contributed by atoms with Gasteiger partial charge in [-0.25, -0.2) is 4.79 Å². The minimum atomic E-state index is -1.35. The normalized spacial score (nSPS) is 21.4. The van der Waals surface area contributed by atoms with Gasteiger partial charge in [0.1, 0.15) is 5.75 Å². The highest BCUT2D eigenvalue weighted by Crippen LogP contribution is 2.19. The van der Waals surface area contributed by atoms with E-state index in [0.717, 1.165) is 0 Å². The van der Waals surface area contributed by atoms with Gasteiger partial charge in [0.2, 0.25) is 0 Å². The summed E-state index contributed by atoms with van der Waals surface area (Å²) in [6.45, 7) is -0.0116. The molecular weight excluding hydrogens is 286 g/mol. The molecule has 1 aliphatic rings. The molecule has 0 saturated carbocycles. The highest BCUT2D eigenvalue weighted by Gasteiger charge is 2.43. The average Bonchev–Trinajstić information content (AvgIpc) is 2.86.